The van der Waals surface area contributed by atoms with Crippen LogP contribution in [0.15, 0.2) is 55.0 Å². The Morgan fingerprint density at radius 3 is 2.74 bits per heavy atom. The molecule has 0 aliphatic heterocycles. The molecule has 0 radical (unpaired) electrons. The van der Waals surface area contributed by atoms with Crippen molar-refractivity contribution in [3.05, 3.63) is 55.0 Å². The molecule has 0 aliphatic rings. The second-order valence-electron chi connectivity index (χ2n) is 5.62. The summed E-state index contributed by atoms with van der Waals surface area (Å²) in [5, 5.41) is 4.19. The van der Waals surface area contributed by atoms with Gasteiger partial charge in [-0.2, -0.15) is 11.8 Å². The molecule has 23 heavy (non-hydrogen) atoms. The molecule has 4 nitrogen and oxygen atoms in total. The van der Waals surface area contributed by atoms with Gasteiger partial charge in [0.1, 0.15) is 6.04 Å². The van der Waals surface area contributed by atoms with Crippen molar-refractivity contribution >= 4 is 34.3 Å². The van der Waals surface area contributed by atoms with E-state index in [2.05, 4.69) is 22.2 Å². The molecule has 0 aliphatic carbocycles. The van der Waals surface area contributed by atoms with Crippen molar-refractivity contribution < 1.29 is 4.79 Å². The van der Waals surface area contributed by atoms with E-state index >= 15 is 0 Å². The van der Waals surface area contributed by atoms with Crippen molar-refractivity contribution in [3.8, 4) is 0 Å². The van der Waals surface area contributed by atoms with Gasteiger partial charge in [-0.1, -0.05) is 0 Å². The molecule has 2 aromatic heterocycles. The van der Waals surface area contributed by atoms with E-state index in [9.17, 15) is 4.79 Å². The number of carbonyl (C=O) groups is 1. The molecule has 1 N–H and O–H groups in total. The smallest absolute Gasteiger partial charge is 0.247 e. The van der Waals surface area contributed by atoms with Crippen LogP contribution in [0.2, 0.25) is 0 Å². The monoisotopic (exact) mass is 327 g/mol. The highest BCUT2D eigenvalue weighted by atomic mass is 32.2. The van der Waals surface area contributed by atoms with E-state index in [0.29, 0.717) is 0 Å². The van der Waals surface area contributed by atoms with Crippen molar-refractivity contribution in [2.24, 2.45) is 7.05 Å². The van der Waals surface area contributed by atoms with Crippen LogP contribution < -0.4 is 5.32 Å². The number of nitrogens with zero attached hydrogens (tertiary/aromatic N) is 2. The van der Waals surface area contributed by atoms with Gasteiger partial charge >= 0.3 is 0 Å². The number of aryl methyl sites for hydroxylation is 1. The minimum absolute atomic E-state index is 0.0329. The molecule has 3 rings (SSSR count). The molecule has 0 saturated heterocycles. The van der Waals surface area contributed by atoms with Gasteiger partial charge in [-0.05, 0) is 54.8 Å². The number of rotatable bonds is 6. The second kappa shape index (κ2) is 6.96. The third-order valence-electron chi connectivity index (χ3n) is 4.04. The third kappa shape index (κ3) is 3.45. The molecule has 1 aromatic carbocycles. The minimum atomic E-state index is -0.177. The molecule has 0 fully saturated rings. The van der Waals surface area contributed by atoms with E-state index < -0.39 is 0 Å². The summed E-state index contributed by atoms with van der Waals surface area (Å²) in [5.41, 5.74) is 2.00. The number of fused-ring (bicyclic) bond motifs is 1. The zero-order valence-electron chi connectivity index (χ0n) is 13.4. The Morgan fingerprint density at radius 1 is 1.22 bits per heavy atom. The van der Waals surface area contributed by atoms with Crippen LogP contribution in [0.3, 0.4) is 0 Å². The van der Waals surface area contributed by atoms with E-state index in [4.69, 9.17) is 0 Å². The van der Waals surface area contributed by atoms with Crippen LogP contribution in [-0.2, 0) is 11.8 Å². The second-order valence-corrected chi connectivity index (χ2v) is 6.60. The van der Waals surface area contributed by atoms with Gasteiger partial charge in [0, 0.05) is 42.2 Å². The predicted octanol–water partition coefficient (Wildman–Crippen LogP) is 3.91. The van der Waals surface area contributed by atoms with Gasteiger partial charge in [-0.25, -0.2) is 0 Å². The molecule has 0 saturated carbocycles. The molecule has 1 atom stereocenters. The summed E-state index contributed by atoms with van der Waals surface area (Å²) >= 11 is 1.76. The summed E-state index contributed by atoms with van der Waals surface area (Å²) in [7, 11) is 2.02. The first-order chi connectivity index (χ1) is 11.2. The molecule has 5 heteroatoms. The minimum Gasteiger partial charge on any atom is -0.351 e. The van der Waals surface area contributed by atoms with Crippen molar-refractivity contribution in [1.82, 2.24) is 9.13 Å². The highest BCUT2D eigenvalue weighted by Gasteiger charge is 2.19. The van der Waals surface area contributed by atoms with Crippen LogP contribution in [0.25, 0.3) is 10.9 Å². The number of hydrogen-bond donors (Lipinski definition) is 1. The fourth-order valence-corrected chi connectivity index (χ4v) is 3.24. The summed E-state index contributed by atoms with van der Waals surface area (Å²) < 4.78 is 4.05. The van der Waals surface area contributed by atoms with Crippen molar-refractivity contribution in [2.45, 2.75) is 12.5 Å². The van der Waals surface area contributed by atoms with E-state index in [-0.39, 0.29) is 11.9 Å². The summed E-state index contributed by atoms with van der Waals surface area (Å²) in [4.78, 5) is 12.7. The maximum atomic E-state index is 12.7. The largest absolute Gasteiger partial charge is 0.351 e. The van der Waals surface area contributed by atoms with E-state index in [1.807, 2.05) is 60.5 Å². The number of hydrogen-bond acceptors (Lipinski definition) is 2. The lowest BCUT2D eigenvalue weighted by molar-refractivity contribution is -0.119. The Labute approximate surface area is 140 Å². The maximum Gasteiger partial charge on any atom is 0.247 e. The van der Waals surface area contributed by atoms with Crippen molar-refractivity contribution in [3.63, 3.8) is 0 Å². The summed E-state index contributed by atoms with van der Waals surface area (Å²) in [5.74, 6) is 0.985. The first kappa shape index (κ1) is 15.7. The fourth-order valence-electron chi connectivity index (χ4n) is 2.79. The van der Waals surface area contributed by atoms with Gasteiger partial charge in [0.05, 0.1) is 0 Å². The number of benzene rings is 1. The lowest BCUT2D eigenvalue weighted by Gasteiger charge is -2.18. The Hall–Kier alpha value is -2.14. The standard InChI is InChI=1S/C18H21N3OS/c1-20-11-7-14-13-15(5-6-16(14)20)19-18(22)17(8-12-23-2)21-9-3-4-10-21/h3-7,9-11,13,17H,8,12H2,1-2H3,(H,19,22)/t17-/m0/s1. The SMILES string of the molecule is CSCC[C@@H](C(=O)Nc1ccc2c(ccn2C)c1)n1cccc1. The van der Waals surface area contributed by atoms with Gasteiger partial charge in [0.2, 0.25) is 5.91 Å². The Morgan fingerprint density at radius 2 is 2.00 bits per heavy atom. The predicted molar refractivity (Wildman–Crippen MR) is 98.0 cm³/mol. The molecule has 0 unspecified atom stereocenters. The molecular formula is C18H21N3OS. The topological polar surface area (TPSA) is 39.0 Å². The Kier molecular flexibility index (Phi) is 4.76. The van der Waals surface area contributed by atoms with Crippen LogP contribution in [0.5, 0.6) is 0 Å². The summed E-state index contributed by atoms with van der Waals surface area (Å²) in [6, 6.07) is 11.8. The van der Waals surface area contributed by atoms with Crippen LogP contribution in [0, 0.1) is 0 Å². The van der Waals surface area contributed by atoms with Gasteiger partial charge in [-0.3, -0.25) is 4.79 Å². The molecule has 2 heterocycles. The van der Waals surface area contributed by atoms with Gasteiger partial charge in [0.15, 0.2) is 0 Å². The van der Waals surface area contributed by atoms with Crippen molar-refractivity contribution in [2.75, 3.05) is 17.3 Å². The average Bonchev–Trinajstić information content (AvgIpc) is 3.18. The van der Waals surface area contributed by atoms with E-state index in [1.54, 1.807) is 11.8 Å². The van der Waals surface area contributed by atoms with Crippen molar-refractivity contribution in [1.29, 1.82) is 0 Å². The first-order valence-corrected chi connectivity index (χ1v) is 9.06. The third-order valence-corrected chi connectivity index (χ3v) is 4.68. The van der Waals surface area contributed by atoms with Crippen LogP contribution in [0.1, 0.15) is 12.5 Å². The van der Waals surface area contributed by atoms with Gasteiger partial charge in [0.25, 0.3) is 0 Å². The number of anilines is 1. The summed E-state index contributed by atoms with van der Waals surface area (Å²) in [6.45, 7) is 0. The van der Waals surface area contributed by atoms with Crippen LogP contribution in [0.4, 0.5) is 5.69 Å². The highest BCUT2D eigenvalue weighted by Crippen LogP contribution is 2.22. The number of nitrogens with one attached hydrogen (secondary N) is 1. The van der Waals surface area contributed by atoms with Crippen LogP contribution >= 0.6 is 11.8 Å². The number of carbonyl (C=O) groups excluding carboxylic acids is 1. The molecule has 1 amide bonds. The van der Waals surface area contributed by atoms with E-state index in [1.165, 1.54) is 0 Å². The zero-order chi connectivity index (χ0) is 16.2. The fraction of sp³-hybridized carbons (Fsp3) is 0.278. The molecular weight excluding hydrogens is 306 g/mol. The molecule has 0 spiro atoms. The van der Waals surface area contributed by atoms with Gasteiger partial charge in [-0.15, -0.1) is 0 Å². The zero-order valence-corrected chi connectivity index (χ0v) is 14.2. The normalized spacial score (nSPS) is 12.4. The molecule has 3 aromatic rings. The summed E-state index contributed by atoms with van der Waals surface area (Å²) in [6.07, 6.45) is 8.80. The highest BCUT2D eigenvalue weighted by molar-refractivity contribution is 7.98. The Balaban J connectivity index is 1.79. The number of thioether (sulfide) groups is 1. The number of amides is 1. The lowest BCUT2D eigenvalue weighted by Crippen LogP contribution is -2.25. The lowest BCUT2D eigenvalue weighted by atomic mass is 10.2. The number of aromatic nitrogens is 2. The van der Waals surface area contributed by atoms with Crippen LogP contribution in [-0.4, -0.2) is 27.1 Å². The first-order valence-electron chi connectivity index (χ1n) is 7.66. The average molecular weight is 327 g/mol. The molecule has 0 bridgehead atoms. The molecule has 120 valence electrons. The van der Waals surface area contributed by atoms with E-state index in [0.717, 1.165) is 28.8 Å². The maximum absolute atomic E-state index is 12.7. The van der Waals surface area contributed by atoms with Gasteiger partial charge < -0.3 is 14.5 Å². The Bertz CT molecular complexity index is 792. The quantitative estimate of drug-likeness (QED) is 0.745.